The van der Waals surface area contributed by atoms with Crippen LogP contribution in [-0.2, 0) is 4.74 Å². The van der Waals surface area contributed by atoms with E-state index in [2.05, 4.69) is 16.6 Å². The number of para-hydroxylation sites is 1. The second-order valence-electron chi connectivity index (χ2n) is 5.17. The van der Waals surface area contributed by atoms with E-state index >= 15 is 0 Å². The lowest BCUT2D eigenvalue weighted by Gasteiger charge is -2.18. The highest BCUT2D eigenvalue weighted by Gasteiger charge is 2.20. The van der Waals surface area contributed by atoms with Gasteiger partial charge in [0.05, 0.1) is 12.5 Å². The fourth-order valence-corrected chi connectivity index (χ4v) is 2.71. The minimum Gasteiger partial charge on any atom is -0.479 e. The number of pyridine rings is 2. The Bertz CT molecular complexity index is 989. The Morgan fingerprint density at radius 1 is 1.25 bits per heavy atom. The minimum atomic E-state index is -0.0888. The van der Waals surface area contributed by atoms with Crippen molar-refractivity contribution in [1.29, 1.82) is 0 Å². The predicted molar refractivity (Wildman–Crippen MR) is 95.8 cm³/mol. The summed E-state index contributed by atoms with van der Waals surface area (Å²) in [6, 6.07) is 13.2. The van der Waals surface area contributed by atoms with Gasteiger partial charge in [-0.25, -0.2) is 9.98 Å². The third-order valence-corrected chi connectivity index (χ3v) is 3.78. The molecule has 5 nitrogen and oxygen atoms in total. The second kappa shape index (κ2) is 6.50. The smallest absolute Gasteiger partial charge is 0.238 e. The number of aliphatic imine (C=N–C) groups is 1. The first-order chi connectivity index (χ1) is 11.7. The molecule has 24 heavy (non-hydrogen) atoms. The van der Waals surface area contributed by atoms with Crippen molar-refractivity contribution < 1.29 is 4.74 Å². The Morgan fingerprint density at radius 3 is 2.67 bits per heavy atom. The minimum absolute atomic E-state index is 0.0888. The lowest BCUT2D eigenvalue weighted by atomic mass is 10.1. The van der Waals surface area contributed by atoms with Gasteiger partial charge in [0.25, 0.3) is 0 Å². The summed E-state index contributed by atoms with van der Waals surface area (Å²) in [6.07, 6.45) is 3.05. The summed E-state index contributed by atoms with van der Waals surface area (Å²) in [5, 5.41) is 0.552. The molecule has 3 rings (SSSR count). The monoisotopic (exact) mass is 319 g/mol. The van der Waals surface area contributed by atoms with Gasteiger partial charge in [0, 0.05) is 23.6 Å². The molecule has 0 amide bonds. The Hall–Kier alpha value is -3.21. The summed E-state index contributed by atoms with van der Waals surface area (Å²) in [5.41, 5.74) is 2.45. The third kappa shape index (κ3) is 2.50. The molecule has 3 aromatic rings. The number of fused-ring (bicyclic) bond motifs is 1. The molecular formula is C19H17N3O2. The number of hydrogen-bond donors (Lipinski definition) is 0. The first kappa shape index (κ1) is 15.7. The zero-order valence-electron chi connectivity index (χ0n) is 13.6. The van der Waals surface area contributed by atoms with Crippen LogP contribution in [0.3, 0.4) is 0 Å². The first-order valence-corrected chi connectivity index (χ1v) is 7.48. The SMILES string of the molecule is C=CN=C(OC)c1c(C)c(=O)c2cccnc2n1-c1ccccc1. The van der Waals surface area contributed by atoms with E-state index < -0.39 is 0 Å². The van der Waals surface area contributed by atoms with Gasteiger partial charge in [-0.1, -0.05) is 24.8 Å². The second-order valence-corrected chi connectivity index (χ2v) is 5.17. The lowest BCUT2D eigenvalue weighted by Crippen LogP contribution is -2.23. The summed E-state index contributed by atoms with van der Waals surface area (Å²) in [7, 11) is 1.52. The highest BCUT2D eigenvalue weighted by atomic mass is 16.5. The molecule has 2 heterocycles. The molecule has 5 heteroatoms. The zero-order chi connectivity index (χ0) is 17.1. The van der Waals surface area contributed by atoms with E-state index in [4.69, 9.17) is 4.74 Å². The fraction of sp³-hybridized carbons (Fsp3) is 0.105. The topological polar surface area (TPSA) is 56.5 Å². The van der Waals surface area contributed by atoms with Crippen molar-refractivity contribution in [2.24, 2.45) is 4.99 Å². The van der Waals surface area contributed by atoms with E-state index in [-0.39, 0.29) is 5.43 Å². The highest BCUT2D eigenvalue weighted by molar-refractivity contribution is 5.97. The maximum atomic E-state index is 12.8. The molecule has 0 aliphatic carbocycles. The summed E-state index contributed by atoms with van der Waals surface area (Å²) < 4.78 is 7.30. The lowest BCUT2D eigenvalue weighted by molar-refractivity contribution is 0.402. The number of methoxy groups -OCH3 is 1. The van der Waals surface area contributed by atoms with Crippen LogP contribution in [0.1, 0.15) is 11.3 Å². The van der Waals surface area contributed by atoms with Gasteiger partial charge in [0.2, 0.25) is 5.90 Å². The normalized spacial score (nSPS) is 11.5. The maximum Gasteiger partial charge on any atom is 0.238 e. The van der Waals surface area contributed by atoms with Crippen molar-refractivity contribution in [1.82, 2.24) is 9.55 Å². The summed E-state index contributed by atoms with van der Waals surface area (Å²) >= 11 is 0. The van der Waals surface area contributed by atoms with Crippen molar-refractivity contribution >= 4 is 16.9 Å². The number of nitrogens with zero attached hydrogens (tertiary/aromatic N) is 3. The Morgan fingerprint density at radius 2 is 2.00 bits per heavy atom. The van der Waals surface area contributed by atoms with Crippen molar-refractivity contribution in [3.8, 4) is 5.69 Å². The summed E-state index contributed by atoms with van der Waals surface area (Å²) in [4.78, 5) is 21.4. The molecule has 0 fully saturated rings. The number of benzene rings is 1. The Labute approximate surface area is 139 Å². The number of aromatic nitrogens is 2. The van der Waals surface area contributed by atoms with Crippen LogP contribution in [0.15, 0.2) is 71.2 Å². The van der Waals surface area contributed by atoms with Crippen LogP contribution in [0, 0.1) is 6.92 Å². The van der Waals surface area contributed by atoms with Gasteiger partial charge >= 0.3 is 0 Å². The van der Waals surface area contributed by atoms with E-state index in [0.29, 0.717) is 28.2 Å². The van der Waals surface area contributed by atoms with Crippen LogP contribution < -0.4 is 5.43 Å². The molecular weight excluding hydrogens is 302 g/mol. The summed E-state index contributed by atoms with van der Waals surface area (Å²) in [5.74, 6) is 0.316. The van der Waals surface area contributed by atoms with Crippen molar-refractivity contribution in [2.75, 3.05) is 7.11 Å². The van der Waals surface area contributed by atoms with Gasteiger partial charge in [-0.2, -0.15) is 0 Å². The highest BCUT2D eigenvalue weighted by Crippen LogP contribution is 2.21. The molecule has 1 aromatic carbocycles. The fourth-order valence-electron chi connectivity index (χ4n) is 2.71. The molecule has 0 atom stereocenters. The number of rotatable bonds is 3. The number of hydrogen-bond acceptors (Lipinski definition) is 4. The molecule has 2 aromatic heterocycles. The van der Waals surface area contributed by atoms with E-state index in [9.17, 15) is 4.79 Å². The average molecular weight is 319 g/mol. The van der Waals surface area contributed by atoms with Gasteiger partial charge in [0.1, 0.15) is 11.3 Å². The van der Waals surface area contributed by atoms with E-state index in [1.54, 1.807) is 25.3 Å². The van der Waals surface area contributed by atoms with Crippen LogP contribution in [0.2, 0.25) is 0 Å². The van der Waals surface area contributed by atoms with E-state index in [0.717, 1.165) is 5.69 Å². The Kier molecular flexibility index (Phi) is 4.24. The first-order valence-electron chi connectivity index (χ1n) is 7.48. The predicted octanol–water partition coefficient (Wildman–Crippen LogP) is 3.23. The molecule has 0 aliphatic rings. The van der Waals surface area contributed by atoms with Crippen molar-refractivity contribution in [2.45, 2.75) is 6.92 Å². The largest absolute Gasteiger partial charge is 0.479 e. The van der Waals surface area contributed by atoms with E-state index in [1.807, 2.05) is 34.9 Å². The molecule has 0 saturated heterocycles. The molecule has 0 aliphatic heterocycles. The molecule has 120 valence electrons. The summed E-state index contributed by atoms with van der Waals surface area (Å²) in [6.45, 7) is 5.39. The maximum absolute atomic E-state index is 12.8. The van der Waals surface area contributed by atoms with Crippen LogP contribution in [0.4, 0.5) is 0 Å². The zero-order valence-corrected chi connectivity index (χ0v) is 13.6. The van der Waals surface area contributed by atoms with Crippen molar-refractivity contribution in [3.63, 3.8) is 0 Å². The molecule has 0 radical (unpaired) electrons. The van der Waals surface area contributed by atoms with Gasteiger partial charge in [-0.3, -0.25) is 9.36 Å². The molecule has 0 spiro atoms. The molecule has 0 saturated carbocycles. The molecule has 0 unspecified atom stereocenters. The van der Waals surface area contributed by atoms with Gasteiger partial charge < -0.3 is 4.74 Å². The Balaban J connectivity index is 2.55. The molecule has 0 N–H and O–H groups in total. The van der Waals surface area contributed by atoms with Gasteiger partial charge in [-0.15, -0.1) is 0 Å². The van der Waals surface area contributed by atoms with Gasteiger partial charge in [-0.05, 0) is 31.2 Å². The molecule has 0 bridgehead atoms. The van der Waals surface area contributed by atoms with Gasteiger partial charge in [0.15, 0.2) is 5.43 Å². The quantitative estimate of drug-likeness (QED) is 0.550. The van der Waals surface area contributed by atoms with Crippen LogP contribution in [0.25, 0.3) is 16.7 Å². The van der Waals surface area contributed by atoms with Crippen LogP contribution in [-0.4, -0.2) is 22.6 Å². The standard InChI is InChI=1S/C19H17N3O2/c1-4-20-19(24-3)16-13(2)17(23)15-11-8-12-21-18(15)22(16)14-9-6-5-7-10-14/h4-12H,1H2,2-3H3. The van der Waals surface area contributed by atoms with Crippen LogP contribution >= 0.6 is 0 Å². The number of ether oxygens (including phenoxy) is 1. The van der Waals surface area contributed by atoms with E-state index in [1.165, 1.54) is 13.3 Å². The van der Waals surface area contributed by atoms with Crippen molar-refractivity contribution in [3.05, 3.63) is 82.9 Å². The van der Waals surface area contributed by atoms with Crippen LogP contribution in [0.5, 0.6) is 0 Å². The average Bonchev–Trinajstić information content (AvgIpc) is 2.63. The third-order valence-electron chi connectivity index (χ3n) is 3.78.